The van der Waals surface area contributed by atoms with Crippen molar-refractivity contribution < 1.29 is 9.90 Å². The van der Waals surface area contributed by atoms with Crippen LogP contribution >= 0.6 is 11.3 Å². The molecular weight excluding hydrogens is 172 g/mol. The molecule has 0 spiro atoms. The van der Waals surface area contributed by atoms with Crippen LogP contribution in [0.5, 0.6) is 0 Å². The van der Waals surface area contributed by atoms with E-state index in [9.17, 15) is 4.79 Å². The fraction of sp³-hybridized carbons (Fsp3) is 0.444. The van der Waals surface area contributed by atoms with Gasteiger partial charge in [-0.2, -0.15) is 11.3 Å². The molecule has 2 nitrogen and oxygen atoms in total. The van der Waals surface area contributed by atoms with Crippen molar-refractivity contribution in [2.45, 2.75) is 25.7 Å². The molecule has 0 fully saturated rings. The van der Waals surface area contributed by atoms with Gasteiger partial charge >= 0.3 is 5.97 Å². The quantitative estimate of drug-likeness (QED) is 0.781. The van der Waals surface area contributed by atoms with Gasteiger partial charge in [-0.05, 0) is 34.7 Å². The van der Waals surface area contributed by atoms with Gasteiger partial charge in [-0.25, -0.2) is 0 Å². The minimum Gasteiger partial charge on any atom is -0.481 e. The zero-order valence-electron chi connectivity index (χ0n) is 6.99. The van der Waals surface area contributed by atoms with E-state index < -0.39 is 5.97 Å². The molecule has 1 unspecified atom stereocenters. The van der Waals surface area contributed by atoms with Gasteiger partial charge in [0, 0.05) is 6.42 Å². The maximum Gasteiger partial charge on any atom is 0.303 e. The van der Waals surface area contributed by atoms with Gasteiger partial charge in [0.25, 0.3) is 0 Å². The van der Waals surface area contributed by atoms with Gasteiger partial charge in [0.15, 0.2) is 0 Å². The first kappa shape index (κ1) is 9.26. The van der Waals surface area contributed by atoms with Crippen molar-refractivity contribution in [3.8, 4) is 0 Å². The summed E-state index contributed by atoms with van der Waals surface area (Å²) >= 11 is 1.65. The molecule has 1 aromatic heterocycles. The van der Waals surface area contributed by atoms with Crippen LogP contribution in [0.2, 0.25) is 0 Å². The molecule has 0 radical (unpaired) electrons. The fourth-order valence-corrected chi connectivity index (χ4v) is 1.84. The van der Waals surface area contributed by atoms with Crippen LogP contribution in [0.25, 0.3) is 0 Å². The van der Waals surface area contributed by atoms with E-state index in [2.05, 4.69) is 18.4 Å². The lowest BCUT2D eigenvalue weighted by molar-refractivity contribution is -0.137. The van der Waals surface area contributed by atoms with E-state index in [-0.39, 0.29) is 6.42 Å². The smallest absolute Gasteiger partial charge is 0.303 e. The molecule has 0 aliphatic carbocycles. The number of aliphatic carboxylic acids is 1. The first-order valence-corrected chi connectivity index (χ1v) is 4.88. The Morgan fingerprint density at radius 2 is 2.50 bits per heavy atom. The molecule has 12 heavy (non-hydrogen) atoms. The first-order chi connectivity index (χ1) is 5.70. The Morgan fingerprint density at radius 3 is 3.00 bits per heavy atom. The summed E-state index contributed by atoms with van der Waals surface area (Å²) in [6.07, 6.45) is 0.989. The second-order valence-corrected chi connectivity index (χ2v) is 3.67. The maximum atomic E-state index is 10.3. The Morgan fingerprint density at radius 1 is 1.75 bits per heavy atom. The number of carbonyl (C=O) groups is 1. The average molecular weight is 184 g/mol. The topological polar surface area (TPSA) is 37.3 Å². The molecular formula is C9H12O2S. The number of thiophene rings is 1. The third kappa shape index (κ3) is 2.66. The molecule has 0 saturated heterocycles. The van der Waals surface area contributed by atoms with Gasteiger partial charge < -0.3 is 5.11 Å². The summed E-state index contributed by atoms with van der Waals surface area (Å²) in [6, 6.07) is 2.05. The number of rotatable bonds is 4. The number of carboxylic acids is 1. The SMILES string of the molecule is CC(CCC(=O)O)c1ccsc1. The molecule has 1 heterocycles. The predicted octanol–water partition coefficient (Wildman–Crippen LogP) is 2.72. The average Bonchev–Trinajstić information content (AvgIpc) is 2.51. The Balaban J connectivity index is 2.39. The number of hydrogen-bond donors (Lipinski definition) is 1. The molecule has 1 atom stereocenters. The van der Waals surface area contributed by atoms with Crippen molar-refractivity contribution in [2.24, 2.45) is 0 Å². The van der Waals surface area contributed by atoms with E-state index in [1.165, 1.54) is 5.56 Å². The van der Waals surface area contributed by atoms with E-state index >= 15 is 0 Å². The molecule has 1 aromatic rings. The summed E-state index contributed by atoms with van der Waals surface area (Å²) < 4.78 is 0. The van der Waals surface area contributed by atoms with Gasteiger partial charge in [-0.3, -0.25) is 4.79 Å². The number of carboxylic acid groups (broad SMARTS) is 1. The van der Waals surface area contributed by atoms with E-state index in [1.807, 2.05) is 5.38 Å². The highest BCUT2D eigenvalue weighted by Gasteiger charge is 2.07. The first-order valence-electron chi connectivity index (χ1n) is 3.94. The van der Waals surface area contributed by atoms with Crippen molar-refractivity contribution in [1.29, 1.82) is 0 Å². The highest BCUT2D eigenvalue weighted by Crippen LogP contribution is 2.22. The second kappa shape index (κ2) is 4.26. The molecule has 3 heteroatoms. The maximum absolute atomic E-state index is 10.3. The lowest BCUT2D eigenvalue weighted by atomic mass is 9.99. The summed E-state index contributed by atoms with van der Waals surface area (Å²) in [6.45, 7) is 2.06. The largest absolute Gasteiger partial charge is 0.481 e. The fourth-order valence-electron chi connectivity index (χ4n) is 1.06. The third-order valence-corrected chi connectivity index (χ3v) is 2.60. The lowest BCUT2D eigenvalue weighted by Crippen LogP contribution is -1.98. The summed E-state index contributed by atoms with van der Waals surface area (Å²) in [4.78, 5) is 10.3. The van der Waals surface area contributed by atoms with Crippen molar-refractivity contribution in [1.82, 2.24) is 0 Å². The molecule has 0 aliphatic heterocycles. The Kier molecular flexibility index (Phi) is 3.29. The molecule has 1 N–H and O–H groups in total. The lowest BCUT2D eigenvalue weighted by Gasteiger charge is -2.06. The molecule has 1 rings (SSSR count). The zero-order valence-corrected chi connectivity index (χ0v) is 7.80. The van der Waals surface area contributed by atoms with Crippen LogP contribution in [-0.4, -0.2) is 11.1 Å². The Hall–Kier alpha value is -0.830. The van der Waals surface area contributed by atoms with Crippen molar-refractivity contribution in [3.05, 3.63) is 22.4 Å². The van der Waals surface area contributed by atoms with Crippen LogP contribution in [0, 0.1) is 0 Å². The standard InChI is InChI=1S/C9H12O2S/c1-7(2-3-9(10)11)8-4-5-12-6-8/h4-7H,2-3H2,1H3,(H,10,11). The van der Waals surface area contributed by atoms with Gasteiger partial charge in [-0.1, -0.05) is 6.92 Å². The van der Waals surface area contributed by atoms with Gasteiger partial charge in [0.05, 0.1) is 0 Å². The molecule has 0 saturated carbocycles. The highest BCUT2D eigenvalue weighted by atomic mass is 32.1. The van der Waals surface area contributed by atoms with Crippen molar-refractivity contribution in [3.63, 3.8) is 0 Å². The second-order valence-electron chi connectivity index (χ2n) is 2.89. The molecule has 0 bridgehead atoms. The molecule has 0 aliphatic rings. The summed E-state index contributed by atoms with van der Waals surface area (Å²) in [5, 5.41) is 12.6. The molecule has 66 valence electrons. The van der Waals surface area contributed by atoms with E-state index in [0.717, 1.165) is 6.42 Å². The van der Waals surface area contributed by atoms with E-state index in [1.54, 1.807) is 11.3 Å². The van der Waals surface area contributed by atoms with Crippen LogP contribution in [0.1, 0.15) is 31.2 Å². The normalized spacial score (nSPS) is 12.8. The van der Waals surface area contributed by atoms with Crippen LogP contribution in [0.15, 0.2) is 16.8 Å². The van der Waals surface area contributed by atoms with E-state index in [0.29, 0.717) is 5.92 Å². The zero-order chi connectivity index (χ0) is 8.97. The van der Waals surface area contributed by atoms with E-state index in [4.69, 9.17) is 5.11 Å². The minimum atomic E-state index is -0.711. The third-order valence-electron chi connectivity index (χ3n) is 1.90. The van der Waals surface area contributed by atoms with Crippen LogP contribution < -0.4 is 0 Å². The van der Waals surface area contributed by atoms with Crippen LogP contribution in [0.3, 0.4) is 0 Å². The molecule has 0 amide bonds. The molecule has 0 aromatic carbocycles. The van der Waals surface area contributed by atoms with Crippen molar-refractivity contribution in [2.75, 3.05) is 0 Å². The van der Waals surface area contributed by atoms with Crippen LogP contribution in [-0.2, 0) is 4.79 Å². The van der Waals surface area contributed by atoms with Crippen molar-refractivity contribution >= 4 is 17.3 Å². The number of hydrogen-bond acceptors (Lipinski definition) is 2. The summed E-state index contributed by atoms with van der Waals surface area (Å²) in [7, 11) is 0. The Labute approximate surface area is 75.9 Å². The summed E-state index contributed by atoms with van der Waals surface area (Å²) in [5.41, 5.74) is 1.25. The monoisotopic (exact) mass is 184 g/mol. The minimum absolute atomic E-state index is 0.261. The van der Waals surface area contributed by atoms with Gasteiger partial charge in [0.1, 0.15) is 0 Å². The summed E-state index contributed by atoms with van der Waals surface area (Å²) in [5.74, 6) is -0.343. The highest BCUT2D eigenvalue weighted by molar-refractivity contribution is 7.07. The van der Waals surface area contributed by atoms with Gasteiger partial charge in [-0.15, -0.1) is 0 Å². The van der Waals surface area contributed by atoms with Crippen LogP contribution in [0.4, 0.5) is 0 Å². The van der Waals surface area contributed by atoms with Gasteiger partial charge in [0.2, 0.25) is 0 Å². The Bertz CT molecular complexity index is 241. The predicted molar refractivity (Wildman–Crippen MR) is 49.6 cm³/mol.